The number of ether oxygens (including phenoxy) is 3. The molecule has 11 heteroatoms. The van der Waals surface area contributed by atoms with Gasteiger partial charge in [0.2, 0.25) is 5.88 Å². The highest BCUT2D eigenvalue weighted by Crippen LogP contribution is 2.33. The third-order valence-corrected chi connectivity index (χ3v) is 6.17. The summed E-state index contributed by atoms with van der Waals surface area (Å²) in [5.41, 5.74) is 1.40. The maximum absolute atomic E-state index is 15.1. The standard InChI is InChI=1S/C25H31FN6O4/c1-25(2,3)36-24(33)31-11-9-30(10-12-31)22-20(26)16-32-21(29-22)19(15-28-32)18-5-4-8-27-23(18)35-17-6-13-34-14-7-17/h4-5,8,15-17H,6-7,9-14H2,1-3H3. The lowest BCUT2D eigenvalue weighted by Crippen LogP contribution is -2.50. The summed E-state index contributed by atoms with van der Waals surface area (Å²) < 4.78 is 33.6. The molecule has 5 heterocycles. The van der Waals surface area contributed by atoms with Crippen LogP contribution in [0.1, 0.15) is 33.6 Å². The van der Waals surface area contributed by atoms with E-state index in [2.05, 4.69) is 15.1 Å². The van der Waals surface area contributed by atoms with Crippen LogP contribution in [0.2, 0.25) is 0 Å². The van der Waals surface area contributed by atoms with E-state index >= 15 is 4.39 Å². The van der Waals surface area contributed by atoms with Gasteiger partial charge in [0.25, 0.3) is 0 Å². The predicted octanol–water partition coefficient (Wildman–Crippen LogP) is 3.55. The summed E-state index contributed by atoms with van der Waals surface area (Å²) in [5.74, 6) is 0.245. The molecular formula is C25H31FN6O4. The van der Waals surface area contributed by atoms with Crippen LogP contribution in [-0.2, 0) is 9.47 Å². The Balaban J connectivity index is 1.38. The first-order valence-electron chi connectivity index (χ1n) is 12.2. The van der Waals surface area contributed by atoms with Crippen LogP contribution in [0.5, 0.6) is 5.88 Å². The fourth-order valence-corrected chi connectivity index (χ4v) is 4.36. The molecule has 0 saturated carbocycles. The number of aromatic nitrogens is 4. The number of hydrogen-bond acceptors (Lipinski definition) is 8. The van der Waals surface area contributed by atoms with E-state index in [1.807, 2.05) is 37.8 Å². The van der Waals surface area contributed by atoms with Gasteiger partial charge in [-0.15, -0.1) is 0 Å². The van der Waals surface area contributed by atoms with Crippen LogP contribution in [0, 0.1) is 5.82 Å². The molecule has 2 saturated heterocycles. The molecule has 0 bridgehead atoms. The lowest BCUT2D eigenvalue weighted by molar-refractivity contribution is 0.0235. The van der Waals surface area contributed by atoms with Crippen molar-refractivity contribution in [3.63, 3.8) is 0 Å². The lowest BCUT2D eigenvalue weighted by atomic mass is 10.1. The third-order valence-electron chi connectivity index (χ3n) is 6.17. The molecule has 2 fully saturated rings. The van der Waals surface area contributed by atoms with Crippen molar-refractivity contribution in [1.82, 2.24) is 24.5 Å². The number of amides is 1. The zero-order chi connectivity index (χ0) is 25.3. The molecule has 192 valence electrons. The van der Waals surface area contributed by atoms with Crippen molar-refractivity contribution >= 4 is 17.6 Å². The van der Waals surface area contributed by atoms with Gasteiger partial charge in [0, 0.05) is 50.8 Å². The van der Waals surface area contributed by atoms with Crippen LogP contribution in [0.3, 0.4) is 0 Å². The van der Waals surface area contributed by atoms with Crippen molar-refractivity contribution in [3.8, 4) is 17.0 Å². The van der Waals surface area contributed by atoms with E-state index < -0.39 is 11.4 Å². The first-order valence-corrected chi connectivity index (χ1v) is 12.2. The monoisotopic (exact) mass is 498 g/mol. The van der Waals surface area contributed by atoms with Gasteiger partial charge in [-0.2, -0.15) is 5.10 Å². The van der Waals surface area contributed by atoms with Crippen LogP contribution in [0.25, 0.3) is 16.8 Å². The van der Waals surface area contributed by atoms with Gasteiger partial charge in [-0.3, -0.25) is 0 Å². The second-order valence-electron chi connectivity index (χ2n) is 9.98. The number of rotatable bonds is 4. The van der Waals surface area contributed by atoms with Crippen LogP contribution < -0.4 is 9.64 Å². The van der Waals surface area contributed by atoms with Gasteiger partial charge in [0.05, 0.1) is 31.2 Å². The van der Waals surface area contributed by atoms with E-state index in [0.29, 0.717) is 56.5 Å². The highest BCUT2D eigenvalue weighted by molar-refractivity contribution is 5.80. The predicted molar refractivity (Wildman–Crippen MR) is 131 cm³/mol. The van der Waals surface area contributed by atoms with E-state index in [-0.39, 0.29) is 18.0 Å². The second-order valence-corrected chi connectivity index (χ2v) is 9.98. The van der Waals surface area contributed by atoms with Crippen molar-refractivity contribution in [3.05, 3.63) is 36.5 Å². The SMILES string of the molecule is CC(C)(C)OC(=O)N1CCN(c2nc3c(-c4cccnc4OC4CCOCC4)cnn3cc2F)CC1. The zero-order valence-corrected chi connectivity index (χ0v) is 20.8. The molecule has 3 aromatic rings. The first kappa shape index (κ1) is 24.2. The summed E-state index contributed by atoms with van der Waals surface area (Å²) in [6.45, 7) is 8.53. The minimum atomic E-state index is -0.565. The van der Waals surface area contributed by atoms with Gasteiger partial charge < -0.3 is 24.0 Å². The van der Waals surface area contributed by atoms with E-state index in [4.69, 9.17) is 14.2 Å². The maximum atomic E-state index is 15.1. The molecule has 0 aliphatic carbocycles. The summed E-state index contributed by atoms with van der Waals surface area (Å²) >= 11 is 0. The van der Waals surface area contributed by atoms with Crippen LogP contribution >= 0.6 is 0 Å². The second kappa shape index (κ2) is 9.88. The number of piperazine rings is 1. The molecule has 5 rings (SSSR count). The average Bonchev–Trinajstić information content (AvgIpc) is 3.26. The van der Waals surface area contributed by atoms with Crippen molar-refractivity contribution < 1.29 is 23.4 Å². The fraction of sp³-hybridized carbons (Fsp3) is 0.520. The van der Waals surface area contributed by atoms with Gasteiger partial charge in [-0.25, -0.2) is 23.7 Å². The Hall–Kier alpha value is -3.47. The molecule has 1 amide bonds. The molecule has 0 N–H and O–H groups in total. The minimum absolute atomic E-state index is 0.0245. The number of anilines is 1. The summed E-state index contributed by atoms with van der Waals surface area (Å²) in [4.78, 5) is 25.0. The molecule has 10 nitrogen and oxygen atoms in total. The largest absolute Gasteiger partial charge is 0.474 e. The normalized spacial score (nSPS) is 17.4. The van der Waals surface area contributed by atoms with Crippen LogP contribution in [-0.4, -0.2) is 81.7 Å². The van der Waals surface area contributed by atoms with Crippen molar-refractivity contribution in [2.45, 2.75) is 45.3 Å². The molecule has 0 unspecified atom stereocenters. The Labute approximate surface area is 209 Å². The van der Waals surface area contributed by atoms with Crippen molar-refractivity contribution in [2.75, 3.05) is 44.3 Å². The average molecular weight is 499 g/mol. The number of halogens is 1. The molecule has 2 aliphatic heterocycles. The quantitative estimate of drug-likeness (QED) is 0.539. The van der Waals surface area contributed by atoms with Gasteiger partial charge >= 0.3 is 6.09 Å². The highest BCUT2D eigenvalue weighted by Gasteiger charge is 2.28. The van der Waals surface area contributed by atoms with Crippen LogP contribution in [0.4, 0.5) is 15.0 Å². The summed E-state index contributed by atoms with van der Waals surface area (Å²) in [6.07, 6.45) is 5.93. The molecule has 3 aromatic heterocycles. The smallest absolute Gasteiger partial charge is 0.410 e. The Morgan fingerprint density at radius 1 is 1.14 bits per heavy atom. The number of nitrogens with zero attached hydrogens (tertiary/aromatic N) is 6. The molecule has 0 aromatic carbocycles. The van der Waals surface area contributed by atoms with Gasteiger partial charge in [0.1, 0.15) is 11.7 Å². The Morgan fingerprint density at radius 3 is 2.61 bits per heavy atom. The molecule has 0 atom stereocenters. The van der Waals surface area contributed by atoms with Crippen molar-refractivity contribution in [2.24, 2.45) is 0 Å². The van der Waals surface area contributed by atoms with Gasteiger partial charge in [0.15, 0.2) is 17.3 Å². The Kier molecular flexibility index (Phi) is 6.65. The number of carbonyl (C=O) groups is 1. The van der Waals surface area contributed by atoms with Crippen LogP contribution in [0.15, 0.2) is 30.7 Å². The van der Waals surface area contributed by atoms with E-state index in [1.165, 1.54) is 10.7 Å². The minimum Gasteiger partial charge on any atom is -0.474 e. The summed E-state index contributed by atoms with van der Waals surface area (Å²) in [7, 11) is 0. The van der Waals surface area contributed by atoms with Crippen molar-refractivity contribution in [1.29, 1.82) is 0 Å². The van der Waals surface area contributed by atoms with Gasteiger partial charge in [-0.1, -0.05) is 0 Å². The Bertz CT molecular complexity index is 1230. The molecule has 2 aliphatic rings. The third kappa shape index (κ3) is 5.20. The summed E-state index contributed by atoms with van der Waals surface area (Å²) in [6, 6.07) is 3.74. The fourth-order valence-electron chi connectivity index (χ4n) is 4.36. The highest BCUT2D eigenvalue weighted by atomic mass is 19.1. The zero-order valence-electron chi connectivity index (χ0n) is 20.8. The maximum Gasteiger partial charge on any atom is 0.410 e. The van der Waals surface area contributed by atoms with Gasteiger partial charge in [-0.05, 0) is 32.9 Å². The molecular weight excluding hydrogens is 467 g/mol. The molecule has 0 spiro atoms. The summed E-state index contributed by atoms with van der Waals surface area (Å²) in [5, 5.41) is 4.32. The molecule has 0 radical (unpaired) electrons. The number of fused-ring (bicyclic) bond motifs is 1. The molecule has 36 heavy (non-hydrogen) atoms. The lowest BCUT2D eigenvalue weighted by Gasteiger charge is -2.36. The Morgan fingerprint density at radius 2 is 1.89 bits per heavy atom. The van der Waals surface area contributed by atoms with E-state index in [0.717, 1.165) is 18.4 Å². The number of pyridine rings is 1. The number of carbonyl (C=O) groups excluding carboxylic acids is 1. The number of hydrogen-bond donors (Lipinski definition) is 0. The van der Waals surface area contributed by atoms with E-state index in [1.54, 1.807) is 17.3 Å². The topological polar surface area (TPSA) is 94.3 Å². The first-order chi connectivity index (χ1) is 17.3. The van der Waals surface area contributed by atoms with E-state index in [9.17, 15) is 4.79 Å².